The third kappa shape index (κ3) is 6.80. The quantitative estimate of drug-likeness (QED) is 0.0855. The summed E-state index contributed by atoms with van der Waals surface area (Å²) >= 11 is 0. The van der Waals surface area contributed by atoms with Crippen LogP contribution in [0.4, 0.5) is 5.69 Å². The minimum Gasteiger partial charge on any atom is -0.481 e. The number of fused-ring (bicyclic) bond motifs is 3. The summed E-state index contributed by atoms with van der Waals surface area (Å²) in [5.41, 5.74) is 7.28. The van der Waals surface area contributed by atoms with Gasteiger partial charge < -0.3 is 18.8 Å². The number of carbonyl (C=O) groups is 1. The lowest BCUT2D eigenvalue weighted by Crippen LogP contribution is -2.29. The van der Waals surface area contributed by atoms with Gasteiger partial charge in [-0.25, -0.2) is 9.37 Å². The van der Waals surface area contributed by atoms with Gasteiger partial charge in [-0.05, 0) is 93.5 Å². The number of nitrogens with zero attached hydrogens (tertiary/aromatic N) is 2. The zero-order valence-corrected chi connectivity index (χ0v) is 27.6. The van der Waals surface area contributed by atoms with Crippen LogP contribution in [-0.4, -0.2) is 37.3 Å². The minimum absolute atomic E-state index is 0.202. The van der Waals surface area contributed by atoms with Crippen molar-refractivity contribution in [1.82, 2.24) is 4.58 Å². The molecule has 2 aromatic carbocycles. The van der Waals surface area contributed by atoms with Crippen LogP contribution in [0.25, 0.3) is 45.1 Å². The molecule has 0 unspecified atom stereocenters. The first-order valence-corrected chi connectivity index (χ1v) is 16.9. The molecule has 1 N–H and O–H groups in total. The highest BCUT2D eigenvalue weighted by Crippen LogP contribution is 2.45. The number of rotatable bonds is 12. The molecule has 1 aliphatic heterocycles. The molecule has 242 valence electrons. The highest BCUT2D eigenvalue weighted by atomic mass is 16.4. The summed E-state index contributed by atoms with van der Waals surface area (Å²) in [5, 5.41) is 10.9. The maximum absolute atomic E-state index is 13.4. The normalized spacial score (nSPS) is 13.4. The Hall–Kier alpha value is -4.91. The molecule has 7 nitrogen and oxygen atoms in total. The molecule has 3 aromatic rings. The molecule has 0 spiro atoms. The van der Waals surface area contributed by atoms with E-state index in [0.717, 1.165) is 96.5 Å². The molecule has 3 aliphatic rings. The molecular weight excluding hydrogens is 588 g/mol. The standard InChI is InChI=1S/C40H42N2O5/c1-4-41(5-2)31-19-21-33-36(26-31)46-39-29(17-20-34(39)38(33)27-13-9-7-10-14-27)24-30-23-28-16-18-32(25-35(28)47-40(30)45)42(6-3)22-12-8-11-15-37(43)44/h7,9-10,13-14,16,18-19,21,23-26H,4-6,8,11-12,15,17,20,22H2,1-3H3/p+1. The van der Waals surface area contributed by atoms with Gasteiger partial charge in [0.05, 0.1) is 11.6 Å². The van der Waals surface area contributed by atoms with Gasteiger partial charge in [0.15, 0.2) is 0 Å². The van der Waals surface area contributed by atoms with E-state index in [9.17, 15) is 9.59 Å². The zero-order chi connectivity index (χ0) is 32.9. The van der Waals surface area contributed by atoms with Gasteiger partial charge in [-0.1, -0.05) is 36.8 Å². The Balaban J connectivity index is 1.37. The summed E-state index contributed by atoms with van der Waals surface area (Å²) < 4.78 is 14.9. The molecule has 7 heteroatoms. The van der Waals surface area contributed by atoms with Gasteiger partial charge in [0.2, 0.25) is 5.36 Å². The van der Waals surface area contributed by atoms with E-state index in [4.69, 9.17) is 13.9 Å². The fourth-order valence-electron chi connectivity index (χ4n) is 6.80. The van der Waals surface area contributed by atoms with Crippen LogP contribution in [0.2, 0.25) is 0 Å². The molecular formula is C40H43N2O5+. The van der Waals surface area contributed by atoms with Crippen LogP contribution in [0.5, 0.6) is 0 Å². The van der Waals surface area contributed by atoms with Crippen molar-refractivity contribution in [3.63, 3.8) is 0 Å². The lowest BCUT2D eigenvalue weighted by molar-refractivity contribution is -0.137. The van der Waals surface area contributed by atoms with Crippen molar-refractivity contribution < 1.29 is 18.7 Å². The summed E-state index contributed by atoms with van der Waals surface area (Å²) in [6.45, 7) is 9.85. The number of allylic oxidation sites excluding steroid dienone is 1. The lowest BCUT2D eigenvalue weighted by atomic mass is 9.92. The van der Waals surface area contributed by atoms with Gasteiger partial charge >= 0.3 is 11.6 Å². The van der Waals surface area contributed by atoms with Crippen molar-refractivity contribution in [2.24, 2.45) is 0 Å². The van der Waals surface area contributed by atoms with E-state index in [-0.39, 0.29) is 12.0 Å². The number of aliphatic carboxylic acids is 1. The second kappa shape index (κ2) is 14.2. The van der Waals surface area contributed by atoms with E-state index in [1.807, 2.05) is 30.3 Å². The van der Waals surface area contributed by atoms with Gasteiger partial charge in [-0.2, -0.15) is 0 Å². The number of hydrogen-bond acceptors (Lipinski definition) is 5. The number of hydrogen-bond donors (Lipinski definition) is 1. The third-order valence-electron chi connectivity index (χ3n) is 9.29. The Kier molecular flexibility index (Phi) is 9.71. The van der Waals surface area contributed by atoms with Crippen LogP contribution < -0.4 is 20.5 Å². The summed E-state index contributed by atoms with van der Waals surface area (Å²) in [7, 11) is 0. The van der Waals surface area contributed by atoms with Crippen molar-refractivity contribution in [3.8, 4) is 22.5 Å². The van der Waals surface area contributed by atoms with Crippen LogP contribution in [0, 0.1) is 0 Å². The Morgan fingerprint density at radius 2 is 1.72 bits per heavy atom. The van der Waals surface area contributed by atoms with Crippen LogP contribution >= 0.6 is 0 Å². The summed E-state index contributed by atoms with van der Waals surface area (Å²) in [6.07, 6.45) is 6.18. The van der Waals surface area contributed by atoms with Gasteiger partial charge in [-0.15, -0.1) is 0 Å². The molecule has 1 aromatic heterocycles. The predicted molar refractivity (Wildman–Crippen MR) is 190 cm³/mol. The maximum atomic E-state index is 13.4. The number of unbranched alkanes of at least 4 members (excludes halogenated alkanes) is 2. The Labute approximate surface area is 275 Å². The molecule has 6 rings (SSSR count). The van der Waals surface area contributed by atoms with Crippen LogP contribution in [-0.2, 0) is 11.2 Å². The predicted octanol–water partition coefficient (Wildman–Crippen LogP) is 7.93. The third-order valence-corrected chi connectivity index (χ3v) is 9.29. The van der Waals surface area contributed by atoms with Crippen LogP contribution in [0.3, 0.4) is 0 Å². The van der Waals surface area contributed by atoms with Crippen LogP contribution in [0.15, 0.2) is 86.4 Å². The molecule has 0 amide bonds. The number of carboxylic acid groups (broad SMARTS) is 1. The molecule has 0 fully saturated rings. The fraction of sp³-hybridized carbons (Fsp3) is 0.325. The molecule has 0 saturated heterocycles. The second-order valence-corrected chi connectivity index (χ2v) is 12.2. The average molecular weight is 632 g/mol. The SMILES string of the molecule is CCN(CCCCCC(=O)O)c1ccc2cc(C=C3CCc4c3oc3cc(=[N+](CC)CC)ccc-3c4-c3ccccc3)c(=O)oc2c1. The first kappa shape index (κ1) is 32.0. The van der Waals surface area contributed by atoms with E-state index in [2.05, 4.69) is 78.8 Å². The lowest BCUT2D eigenvalue weighted by Gasteiger charge is -2.23. The Bertz CT molecular complexity index is 2030. The first-order valence-electron chi connectivity index (χ1n) is 16.9. The minimum atomic E-state index is -0.752. The molecule has 0 atom stereocenters. The molecule has 0 bridgehead atoms. The molecule has 2 aliphatic carbocycles. The monoisotopic (exact) mass is 631 g/mol. The first-order chi connectivity index (χ1) is 22.9. The zero-order valence-electron chi connectivity index (χ0n) is 27.6. The van der Waals surface area contributed by atoms with Gasteiger partial charge in [-0.3, -0.25) is 4.79 Å². The van der Waals surface area contributed by atoms with Gasteiger partial charge in [0.1, 0.15) is 30.2 Å². The van der Waals surface area contributed by atoms with Crippen LogP contribution in [0.1, 0.15) is 69.8 Å². The number of carboxylic acids is 1. The summed E-state index contributed by atoms with van der Waals surface area (Å²) in [6, 6.07) is 24.9. The second-order valence-electron chi connectivity index (χ2n) is 12.2. The van der Waals surface area contributed by atoms with E-state index in [0.29, 0.717) is 17.6 Å². The summed E-state index contributed by atoms with van der Waals surface area (Å²) in [5.74, 6) is 0.920. The largest absolute Gasteiger partial charge is 0.481 e. The topological polar surface area (TPSA) is 86.9 Å². The number of anilines is 1. The number of benzene rings is 3. The Morgan fingerprint density at radius 1 is 0.915 bits per heavy atom. The summed E-state index contributed by atoms with van der Waals surface area (Å²) in [4.78, 5) is 26.4. The van der Waals surface area contributed by atoms with E-state index in [1.54, 1.807) is 0 Å². The van der Waals surface area contributed by atoms with E-state index >= 15 is 0 Å². The van der Waals surface area contributed by atoms with E-state index < -0.39 is 5.97 Å². The van der Waals surface area contributed by atoms with Crippen molar-refractivity contribution in [3.05, 3.63) is 105 Å². The van der Waals surface area contributed by atoms with Gasteiger partial charge in [0, 0.05) is 53.8 Å². The smallest absolute Gasteiger partial charge is 0.343 e. The van der Waals surface area contributed by atoms with Crippen molar-refractivity contribution >= 4 is 34.3 Å². The average Bonchev–Trinajstić information content (AvgIpc) is 3.47. The fourth-order valence-corrected chi connectivity index (χ4v) is 6.80. The Morgan fingerprint density at radius 3 is 2.47 bits per heavy atom. The van der Waals surface area contributed by atoms with Gasteiger partial charge in [0.25, 0.3) is 0 Å². The van der Waals surface area contributed by atoms with Crippen molar-refractivity contribution in [1.29, 1.82) is 0 Å². The maximum Gasteiger partial charge on any atom is 0.343 e. The highest BCUT2D eigenvalue weighted by Gasteiger charge is 2.28. The molecule has 2 heterocycles. The molecule has 47 heavy (non-hydrogen) atoms. The highest BCUT2D eigenvalue weighted by molar-refractivity contribution is 5.93. The molecule has 0 radical (unpaired) electrons. The van der Waals surface area contributed by atoms with E-state index in [1.165, 1.54) is 11.1 Å². The van der Waals surface area contributed by atoms with Crippen molar-refractivity contribution in [2.45, 2.75) is 59.3 Å². The van der Waals surface area contributed by atoms with Crippen molar-refractivity contribution in [2.75, 3.05) is 31.1 Å². The molecule has 0 saturated carbocycles.